The minimum Gasteiger partial charge on any atom is -0.312 e. The fraction of sp³-hybridized carbons (Fsp3) is 0.778. The second kappa shape index (κ2) is 5.15. The van der Waals surface area contributed by atoms with Crippen molar-refractivity contribution < 1.29 is 0 Å². The molecule has 3 heteroatoms. The van der Waals surface area contributed by atoms with Crippen molar-refractivity contribution in [2.75, 3.05) is 18.8 Å². The van der Waals surface area contributed by atoms with Gasteiger partial charge in [0.15, 0.2) is 0 Å². The van der Waals surface area contributed by atoms with Crippen LogP contribution < -0.4 is 5.32 Å². The van der Waals surface area contributed by atoms with E-state index >= 15 is 0 Å². The third-order valence-corrected chi connectivity index (χ3v) is 3.87. The Morgan fingerprint density at radius 2 is 2.50 bits per heavy atom. The summed E-state index contributed by atoms with van der Waals surface area (Å²) in [4.78, 5) is 0. The summed E-state index contributed by atoms with van der Waals surface area (Å²) in [7, 11) is 0. The molecule has 1 atom stereocenters. The van der Waals surface area contributed by atoms with Crippen molar-refractivity contribution in [3.05, 3.63) is 11.6 Å². The summed E-state index contributed by atoms with van der Waals surface area (Å²) >= 11 is 7.49. The SMILES string of the molecule is CC1(CNC/C=C/Cl)CCCS1. The Morgan fingerprint density at radius 3 is 3.08 bits per heavy atom. The molecule has 0 aromatic rings. The Hall–Kier alpha value is 0.340. The van der Waals surface area contributed by atoms with E-state index < -0.39 is 0 Å². The number of hydrogen-bond donors (Lipinski definition) is 1. The Labute approximate surface area is 83.9 Å². The van der Waals surface area contributed by atoms with E-state index in [0.29, 0.717) is 4.75 Å². The standard InChI is InChI=1S/C9H16ClNS/c1-9(4-2-7-12-9)8-11-6-3-5-10/h3,5,11H,2,4,6-8H2,1H3/b5-3+. The van der Waals surface area contributed by atoms with Gasteiger partial charge in [-0.2, -0.15) is 11.8 Å². The van der Waals surface area contributed by atoms with Gasteiger partial charge in [0.25, 0.3) is 0 Å². The van der Waals surface area contributed by atoms with E-state index in [1.807, 2.05) is 6.08 Å². The van der Waals surface area contributed by atoms with Gasteiger partial charge in [0.2, 0.25) is 0 Å². The molecule has 1 nitrogen and oxygen atoms in total. The van der Waals surface area contributed by atoms with Crippen LogP contribution in [0.2, 0.25) is 0 Å². The van der Waals surface area contributed by atoms with Gasteiger partial charge in [-0.25, -0.2) is 0 Å². The number of rotatable bonds is 4. The van der Waals surface area contributed by atoms with Gasteiger partial charge in [-0.3, -0.25) is 0 Å². The van der Waals surface area contributed by atoms with Crippen LogP contribution in [0.1, 0.15) is 19.8 Å². The van der Waals surface area contributed by atoms with E-state index in [4.69, 9.17) is 11.6 Å². The molecule has 1 saturated heterocycles. The minimum absolute atomic E-state index is 0.472. The monoisotopic (exact) mass is 205 g/mol. The zero-order valence-corrected chi connectivity index (χ0v) is 9.05. The zero-order valence-electron chi connectivity index (χ0n) is 7.48. The first kappa shape index (κ1) is 10.4. The first-order valence-electron chi connectivity index (χ1n) is 4.37. The molecule has 1 aliphatic heterocycles. The highest BCUT2D eigenvalue weighted by Gasteiger charge is 2.28. The maximum absolute atomic E-state index is 5.41. The highest BCUT2D eigenvalue weighted by Crippen LogP contribution is 2.36. The molecule has 1 fully saturated rings. The number of halogens is 1. The Kier molecular flexibility index (Phi) is 4.47. The second-order valence-electron chi connectivity index (χ2n) is 3.39. The van der Waals surface area contributed by atoms with E-state index in [1.165, 1.54) is 18.6 Å². The van der Waals surface area contributed by atoms with Gasteiger partial charge in [-0.15, -0.1) is 0 Å². The maximum atomic E-state index is 5.41. The van der Waals surface area contributed by atoms with Gasteiger partial charge in [0.1, 0.15) is 0 Å². The third kappa shape index (κ3) is 3.38. The molecule has 0 aromatic carbocycles. The van der Waals surface area contributed by atoms with Crippen molar-refractivity contribution in [1.82, 2.24) is 5.32 Å². The fourth-order valence-electron chi connectivity index (χ4n) is 1.44. The van der Waals surface area contributed by atoms with Gasteiger partial charge in [0.05, 0.1) is 0 Å². The first-order valence-corrected chi connectivity index (χ1v) is 5.79. The van der Waals surface area contributed by atoms with Crippen molar-refractivity contribution in [3.63, 3.8) is 0 Å². The molecule has 1 aliphatic rings. The van der Waals surface area contributed by atoms with Crippen LogP contribution in [0.25, 0.3) is 0 Å². The van der Waals surface area contributed by atoms with Crippen LogP contribution in [0.15, 0.2) is 11.6 Å². The molecule has 0 amide bonds. The molecule has 0 aromatic heterocycles. The third-order valence-electron chi connectivity index (χ3n) is 2.15. The van der Waals surface area contributed by atoms with E-state index in [1.54, 1.807) is 5.54 Å². The van der Waals surface area contributed by atoms with E-state index in [9.17, 15) is 0 Å². The predicted octanol–water partition coefficient (Wildman–Crippen LogP) is 2.61. The number of hydrogen-bond acceptors (Lipinski definition) is 2. The molecule has 0 saturated carbocycles. The molecule has 1 unspecified atom stereocenters. The van der Waals surface area contributed by atoms with Crippen LogP contribution in [-0.2, 0) is 0 Å². The Bertz CT molecular complexity index is 153. The molecule has 0 bridgehead atoms. The van der Waals surface area contributed by atoms with Crippen LogP contribution in [0.4, 0.5) is 0 Å². The summed E-state index contributed by atoms with van der Waals surface area (Å²) in [6, 6.07) is 0. The maximum Gasteiger partial charge on any atom is 0.0256 e. The normalized spacial score (nSPS) is 30.2. The lowest BCUT2D eigenvalue weighted by Gasteiger charge is -2.22. The molecule has 1 heterocycles. The van der Waals surface area contributed by atoms with Crippen LogP contribution in [-0.4, -0.2) is 23.6 Å². The summed E-state index contributed by atoms with van der Waals surface area (Å²) in [5.41, 5.74) is 1.57. The van der Waals surface area contributed by atoms with E-state index in [-0.39, 0.29) is 0 Å². The average molecular weight is 206 g/mol. The van der Waals surface area contributed by atoms with E-state index in [0.717, 1.165) is 13.1 Å². The average Bonchev–Trinajstić information content (AvgIpc) is 2.47. The molecule has 70 valence electrons. The molecular weight excluding hydrogens is 190 g/mol. The van der Waals surface area contributed by atoms with Crippen molar-refractivity contribution in [2.45, 2.75) is 24.5 Å². The number of nitrogens with one attached hydrogen (secondary N) is 1. The van der Waals surface area contributed by atoms with Gasteiger partial charge in [-0.1, -0.05) is 17.7 Å². The fourth-order valence-corrected chi connectivity index (χ4v) is 2.80. The van der Waals surface area contributed by atoms with Crippen LogP contribution in [0.3, 0.4) is 0 Å². The van der Waals surface area contributed by atoms with Crippen LogP contribution in [0.5, 0.6) is 0 Å². The van der Waals surface area contributed by atoms with Gasteiger partial charge >= 0.3 is 0 Å². The molecule has 0 spiro atoms. The summed E-state index contributed by atoms with van der Waals surface area (Å²) in [5, 5.41) is 3.38. The highest BCUT2D eigenvalue weighted by atomic mass is 35.5. The van der Waals surface area contributed by atoms with Crippen LogP contribution in [0, 0.1) is 0 Å². The number of thioether (sulfide) groups is 1. The predicted molar refractivity (Wildman–Crippen MR) is 58.0 cm³/mol. The van der Waals surface area contributed by atoms with Crippen molar-refractivity contribution in [3.8, 4) is 0 Å². The smallest absolute Gasteiger partial charge is 0.0256 e. The topological polar surface area (TPSA) is 12.0 Å². The van der Waals surface area contributed by atoms with Gasteiger partial charge in [0, 0.05) is 23.4 Å². The van der Waals surface area contributed by atoms with E-state index in [2.05, 4.69) is 24.0 Å². The summed E-state index contributed by atoms with van der Waals surface area (Å²) in [5.74, 6) is 1.32. The quantitative estimate of drug-likeness (QED) is 0.709. The second-order valence-corrected chi connectivity index (χ2v) is 5.33. The Morgan fingerprint density at radius 1 is 1.67 bits per heavy atom. The molecule has 12 heavy (non-hydrogen) atoms. The minimum atomic E-state index is 0.472. The zero-order chi connectivity index (χ0) is 8.86. The summed E-state index contributed by atoms with van der Waals surface area (Å²) in [6.07, 6.45) is 4.65. The first-order chi connectivity index (χ1) is 5.77. The lowest BCUT2D eigenvalue weighted by molar-refractivity contribution is 0.556. The highest BCUT2D eigenvalue weighted by molar-refractivity contribution is 8.00. The van der Waals surface area contributed by atoms with Crippen LogP contribution >= 0.6 is 23.4 Å². The molecule has 0 radical (unpaired) electrons. The van der Waals surface area contributed by atoms with Crippen molar-refractivity contribution in [1.29, 1.82) is 0 Å². The summed E-state index contributed by atoms with van der Waals surface area (Å²) < 4.78 is 0.472. The van der Waals surface area contributed by atoms with Crippen molar-refractivity contribution >= 4 is 23.4 Å². The lowest BCUT2D eigenvalue weighted by Crippen LogP contribution is -2.32. The summed E-state index contributed by atoms with van der Waals surface area (Å²) in [6.45, 7) is 4.32. The Balaban J connectivity index is 2.12. The largest absolute Gasteiger partial charge is 0.312 e. The molecule has 0 aliphatic carbocycles. The lowest BCUT2D eigenvalue weighted by atomic mass is 10.1. The molecule has 1 rings (SSSR count). The van der Waals surface area contributed by atoms with Crippen molar-refractivity contribution in [2.24, 2.45) is 0 Å². The molecular formula is C9H16ClNS. The van der Waals surface area contributed by atoms with Gasteiger partial charge < -0.3 is 5.32 Å². The van der Waals surface area contributed by atoms with Gasteiger partial charge in [-0.05, 0) is 25.5 Å². The molecule has 1 N–H and O–H groups in total.